The molecule has 0 saturated carbocycles. The summed E-state index contributed by atoms with van der Waals surface area (Å²) < 4.78 is 10.7. The molecular formula is C20H21N3O3. The first-order chi connectivity index (χ1) is 12.7. The smallest absolute Gasteiger partial charge is 0.250 e. The third-order valence-corrected chi connectivity index (χ3v) is 4.21. The van der Waals surface area contributed by atoms with Crippen molar-refractivity contribution in [2.75, 3.05) is 32.2 Å². The summed E-state index contributed by atoms with van der Waals surface area (Å²) in [5, 5.41) is 12.1. The summed E-state index contributed by atoms with van der Waals surface area (Å²) >= 11 is 0. The number of fused-ring (bicyclic) bond motifs is 1. The number of carbonyl (C=O) groups excluding carboxylic acids is 1. The van der Waals surface area contributed by atoms with Crippen molar-refractivity contribution in [2.45, 2.75) is 13.1 Å². The lowest BCUT2D eigenvalue weighted by molar-refractivity contribution is -0.119. The summed E-state index contributed by atoms with van der Waals surface area (Å²) in [6, 6.07) is 15.5. The highest BCUT2D eigenvalue weighted by molar-refractivity contribution is 5.91. The van der Waals surface area contributed by atoms with Crippen LogP contribution in [0.2, 0.25) is 0 Å². The second-order valence-electron chi connectivity index (χ2n) is 6.13. The van der Waals surface area contributed by atoms with Crippen molar-refractivity contribution in [3.63, 3.8) is 0 Å². The maximum Gasteiger partial charge on any atom is 0.250 e. The van der Waals surface area contributed by atoms with Gasteiger partial charge in [-0.3, -0.25) is 9.69 Å². The molecule has 6 nitrogen and oxygen atoms in total. The van der Waals surface area contributed by atoms with E-state index < -0.39 is 0 Å². The standard InChI is InChI=1S/C20H21N3O3/c1-25-14-20(24)22-18-6-7-19-17(10-18)13-23(8-9-26-19)12-16-5-3-2-4-15(16)11-21/h2-7,10H,8-9,12-14H2,1H3,(H,22,24). The Balaban J connectivity index is 1.76. The SMILES string of the molecule is COCC(=O)Nc1ccc2c(c1)CN(Cc1ccccc1C#N)CCO2. The molecular weight excluding hydrogens is 330 g/mol. The van der Waals surface area contributed by atoms with E-state index in [1.807, 2.05) is 42.5 Å². The number of carbonyl (C=O) groups is 1. The van der Waals surface area contributed by atoms with Crippen LogP contribution < -0.4 is 10.1 Å². The number of hydrogen-bond acceptors (Lipinski definition) is 5. The largest absolute Gasteiger partial charge is 0.492 e. The molecule has 2 aromatic rings. The first-order valence-corrected chi connectivity index (χ1v) is 8.44. The number of amides is 1. The monoisotopic (exact) mass is 351 g/mol. The molecule has 0 unspecified atom stereocenters. The Hall–Kier alpha value is -2.88. The number of rotatable bonds is 5. The Morgan fingerprint density at radius 2 is 2.19 bits per heavy atom. The van der Waals surface area contributed by atoms with Crippen LogP contribution in [-0.4, -0.2) is 37.7 Å². The van der Waals surface area contributed by atoms with E-state index in [0.29, 0.717) is 30.9 Å². The number of ether oxygens (including phenoxy) is 2. The van der Waals surface area contributed by atoms with E-state index in [-0.39, 0.29) is 12.5 Å². The summed E-state index contributed by atoms with van der Waals surface area (Å²) in [5.74, 6) is 0.632. The molecule has 1 aliphatic rings. The van der Waals surface area contributed by atoms with Crippen molar-refractivity contribution < 1.29 is 14.3 Å². The molecule has 134 valence electrons. The van der Waals surface area contributed by atoms with Gasteiger partial charge in [0, 0.05) is 38.0 Å². The molecule has 6 heteroatoms. The van der Waals surface area contributed by atoms with Crippen LogP contribution in [0.1, 0.15) is 16.7 Å². The Labute approximate surface area is 152 Å². The zero-order valence-electron chi connectivity index (χ0n) is 14.7. The molecule has 0 atom stereocenters. The summed E-state index contributed by atoms with van der Waals surface area (Å²) in [6.07, 6.45) is 0. The average molecular weight is 351 g/mol. The Kier molecular flexibility index (Phi) is 5.84. The number of hydrogen-bond donors (Lipinski definition) is 1. The normalized spacial score (nSPS) is 13.8. The lowest BCUT2D eigenvalue weighted by Crippen LogP contribution is -2.25. The van der Waals surface area contributed by atoms with E-state index in [1.165, 1.54) is 7.11 Å². The first kappa shape index (κ1) is 17.9. The molecule has 1 aliphatic heterocycles. The molecule has 0 fully saturated rings. The van der Waals surface area contributed by atoms with Gasteiger partial charge in [-0.15, -0.1) is 0 Å². The molecule has 0 saturated heterocycles. The Morgan fingerprint density at radius 1 is 1.35 bits per heavy atom. The lowest BCUT2D eigenvalue weighted by Gasteiger charge is -2.20. The fourth-order valence-electron chi connectivity index (χ4n) is 3.00. The van der Waals surface area contributed by atoms with E-state index in [0.717, 1.165) is 23.4 Å². The van der Waals surface area contributed by atoms with E-state index in [2.05, 4.69) is 16.3 Å². The van der Waals surface area contributed by atoms with Crippen molar-refractivity contribution in [3.8, 4) is 11.8 Å². The summed E-state index contributed by atoms with van der Waals surface area (Å²) in [5.41, 5.74) is 3.42. The average Bonchev–Trinajstić information content (AvgIpc) is 2.83. The zero-order valence-corrected chi connectivity index (χ0v) is 14.7. The Bertz CT molecular complexity index is 829. The molecule has 1 amide bonds. The van der Waals surface area contributed by atoms with Crippen molar-refractivity contribution in [1.29, 1.82) is 5.26 Å². The first-order valence-electron chi connectivity index (χ1n) is 8.44. The van der Waals surface area contributed by atoms with Gasteiger partial charge in [0.15, 0.2) is 0 Å². The second kappa shape index (κ2) is 8.48. The van der Waals surface area contributed by atoms with Gasteiger partial charge in [0.1, 0.15) is 19.0 Å². The summed E-state index contributed by atoms with van der Waals surface area (Å²) in [4.78, 5) is 14.0. The molecule has 2 aromatic carbocycles. The molecule has 0 bridgehead atoms. The number of nitrogens with zero attached hydrogens (tertiary/aromatic N) is 2. The minimum Gasteiger partial charge on any atom is -0.492 e. The van der Waals surface area contributed by atoms with Gasteiger partial charge in [-0.2, -0.15) is 5.26 Å². The van der Waals surface area contributed by atoms with Crippen LogP contribution in [0.5, 0.6) is 5.75 Å². The molecule has 0 spiro atoms. The van der Waals surface area contributed by atoms with Crippen LogP contribution in [0.25, 0.3) is 0 Å². The van der Waals surface area contributed by atoms with Crippen LogP contribution >= 0.6 is 0 Å². The van der Waals surface area contributed by atoms with Crippen molar-refractivity contribution in [3.05, 3.63) is 59.2 Å². The van der Waals surface area contributed by atoms with Gasteiger partial charge in [0.25, 0.3) is 0 Å². The lowest BCUT2D eigenvalue weighted by atomic mass is 10.1. The van der Waals surface area contributed by atoms with Crippen molar-refractivity contribution in [2.24, 2.45) is 0 Å². The Morgan fingerprint density at radius 3 is 3.00 bits per heavy atom. The quantitative estimate of drug-likeness (QED) is 0.896. The van der Waals surface area contributed by atoms with Gasteiger partial charge in [0.05, 0.1) is 11.6 Å². The minimum absolute atomic E-state index is 0.0185. The van der Waals surface area contributed by atoms with Gasteiger partial charge < -0.3 is 14.8 Å². The maximum absolute atomic E-state index is 11.7. The number of nitriles is 1. The molecule has 0 radical (unpaired) electrons. The predicted octanol–water partition coefficient (Wildman–Crippen LogP) is 2.54. The fourth-order valence-corrected chi connectivity index (χ4v) is 3.00. The summed E-state index contributed by atoms with van der Waals surface area (Å²) in [6.45, 7) is 2.72. The topological polar surface area (TPSA) is 74.6 Å². The van der Waals surface area contributed by atoms with Gasteiger partial charge >= 0.3 is 0 Å². The third-order valence-electron chi connectivity index (χ3n) is 4.21. The number of anilines is 1. The molecule has 1 N–H and O–H groups in total. The van der Waals surface area contributed by atoms with Crippen LogP contribution in [0.4, 0.5) is 5.69 Å². The molecule has 1 heterocycles. The molecule has 3 rings (SSSR count). The second-order valence-corrected chi connectivity index (χ2v) is 6.13. The highest BCUT2D eigenvalue weighted by atomic mass is 16.5. The van der Waals surface area contributed by atoms with Gasteiger partial charge in [-0.05, 0) is 29.8 Å². The van der Waals surface area contributed by atoms with Crippen LogP contribution in [0.3, 0.4) is 0 Å². The van der Waals surface area contributed by atoms with Crippen LogP contribution in [0.15, 0.2) is 42.5 Å². The number of methoxy groups -OCH3 is 1. The van der Waals surface area contributed by atoms with Gasteiger partial charge in [-0.1, -0.05) is 18.2 Å². The van der Waals surface area contributed by atoms with Crippen molar-refractivity contribution in [1.82, 2.24) is 4.90 Å². The van der Waals surface area contributed by atoms with E-state index in [9.17, 15) is 10.1 Å². The van der Waals surface area contributed by atoms with Crippen LogP contribution in [-0.2, 0) is 22.6 Å². The van der Waals surface area contributed by atoms with E-state index in [1.54, 1.807) is 0 Å². The molecule has 26 heavy (non-hydrogen) atoms. The highest BCUT2D eigenvalue weighted by Crippen LogP contribution is 2.27. The van der Waals surface area contributed by atoms with E-state index in [4.69, 9.17) is 9.47 Å². The molecule has 0 aliphatic carbocycles. The summed E-state index contributed by atoms with van der Waals surface area (Å²) in [7, 11) is 1.49. The highest BCUT2D eigenvalue weighted by Gasteiger charge is 2.17. The number of benzene rings is 2. The zero-order chi connectivity index (χ0) is 18.4. The van der Waals surface area contributed by atoms with Gasteiger partial charge in [0.2, 0.25) is 5.91 Å². The maximum atomic E-state index is 11.7. The van der Waals surface area contributed by atoms with Gasteiger partial charge in [-0.25, -0.2) is 0 Å². The molecule has 0 aromatic heterocycles. The predicted molar refractivity (Wildman–Crippen MR) is 97.7 cm³/mol. The number of nitrogens with one attached hydrogen (secondary N) is 1. The fraction of sp³-hybridized carbons (Fsp3) is 0.300. The minimum atomic E-state index is -0.193. The third kappa shape index (κ3) is 4.39. The van der Waals surface area contributed by atoms with Crippen molar-refractivity contribution >= 4 is 11.6 Å². The van der Waals surface area contributed by atoms with Crippen LogP contribution in [0, 0.1) is 11.3 Å². The van der Waals surface area contributed by atoms with E-state index >= 15 is 0 Å².